The molecule has 0 aliphatic heterocycles. The fourth-order valence-corrected chi connectivity index (χ4v) is 2.14. The molecule has 1 rings (SSSR count). The Morgan fingerprint density at radius 2 is 1.73 bits per heavy atom. The van der Waals surface area contributed by atoms with Crippen LogP contribution in [0.4, 0.5) is 5.69 Å². The number of carboxylic acid groups (broad SMARTS) is 1. The molecule has 0 aliphatic rings. The first-order valence-corrected chi connectivity index (χ1v) is 6.82. The Hall–Kier alpha value is -2.57. The Balaban J connectivity index is 3.12. The van der Waals surface area contributed by atoms with Crippen molar-refractivity contribution in [1.29, 1.82) is 0 Å². The monoisotopic (exact) mass is 308 g/mol. The quantitative estimate of drug-likeness (QED) is 0.726. The maximum absolute atomic E-state index is 12.3. The van der Waals surface area contributed by atoms with Crippen molar-refractivity contribution < 1.29 is 24.6 Å². The van der Waals surface area contributed by atoms with Crippen molar-refractivity contribution in [3.8, 4) is 5.75 Å². The zero-order valence-corrected chi connectivity index (χ0v) is 12.7. The van der Waals surface area contributed by atoms with Gasteiger partial charge in [0.15, 0.2) is 0 Å². The number of amides is 2. The number of hydrogen-bond acceptors (Lipinski definition) is 4. The number of nitrogens with zero attached hydrogens (tertiary/aromatic N) is 1. The number of rotatable bonds is 6. The first-order chi connectivity index (χ1) is 10.2. The predicted octanol–water partition coefficient (Wildman–Crippen LogP) is 0.970. The van der Waals surface area contributed by atoms with Crippen molar-refractivity contribution in [2.75, 3.05) is 11.4 Å². The number of nitrogens with one attached hydrogen (secondary N) is 1. The number of carboxylic acids is 1. The van der Waals surface area contributed by atoms with Gasteiger partial charge in [-0.1, -0.05) is 13.8 Å². The molecular formula is C15H20N2O5. The van der Waals surface area contributed by atoms with E-state index in [-0.39, 0.29) is 17.6 Å². The Kier molecular flexibility index (Phi) is 5.91. The molecule has 0 bridgehead atoms. The Labute approximate surface area is 128 Å². The first-order valence-electron chi connectivity index (χ1n) is 6.82. The molecular weight excluding hydrogens is 288 g/mol. The van der Waals surface area contributed by atoms with Crippen LogP contribution in [0.15, 0.2) is 24.3 Å². The van der Waals surface area contributed by atoms with Gasteiger partial charge in [0, 0.05) is 12.6 Å². The molecule has 0 heterocycles. The van der Waals surface area contributed by atoms with Gasteiger partial charge in [-0.05, 0) is 30.2 Å². The summed E-state index contributed by atoms with van der Waals surface area (Å²) >= 11 is 0. The minimum absolute atomic E-state index is 0.0451. The van der Waals surface area contributed by atoms with Crippen LogP contribution in [0.5, 0.6) is 5.75 Å². The molecule has 0 saturated carbocycles. The molecule has 7 heteroatoms. The molecule has 0 aromatic heterocycles. The number of anilines is 1. The van der Waals surface area contributed by atoms with Crippen LogP contribution < -0.4 is 10.2 Å². The molecule has 0 radical (unpaired) electrons. The number of aliphatic carboxylic acids is 1. The van der Waals surface area contributed by atoms with Crippen LogP contribution in [0.1, 0.15) is 20.8 Å². The molecule has 3 N–H and O–H groups in total. The summed E-state index contributed by atoms with van der Waals surface area (Å²) in [6.07, 6.45) is 0. The van der Waals surface area contributed by atoms with Crippen LogP contribution in [0, 0.1) is 5.92 Å². The topological polar surface area (TPSA) is 107 Å². The Morgan fingerprint density at radius 1 is 1.18 bits per heavy atom. The molecule has 0 fully saturated rings. The van der Waals surface area contributed by atoms with E-state index in [0.29, 0.717) is 5.69 Å². The van der Waals surface area contributed by atoms with Gasteiger partial charge in [-0.15, -0.1) is 0 Å². The van der Waals surface area contributed by atoms with Crippen LogP contribution in [-0.2, 0) is 14.4 Å². The summed E-state index contributed by atoms with van der Waals surface area (Å²) in [7, 11) is 0. The third-order valence-electron chi connectivity index (χ3n) is 3.06. The van der Waals surface area contributed by atoms with E-state index >= 15 is 0 Å². The summed E-state index contributed by atoms with van der Waals surface area (Å²) in [5, 5.41) is 20.3. The molecule has 1 aromatic carbocycles. The van der Waals surface area contributed by atoms with E-state index in [1.54, 1.807) is 13.8 Å². The summed E-state index contributed by atoms with van der Waals surface area (Å²) in [6.45, 7) is 4.35. The third kappa shape index (κ3) is 4.47. The number of benzene rings is 1. The summed E-state index contributed by atoms with van der Waals surface area (Å²) in [5.41, 5.74) is 0.453. The van der Waals surface area contributed by atoms with Gasteiger partial charge in [-0.2, -0.15) is 0 Å². The fourth-order valence-electron chi connectivity index (χ4n) is 2.14. The number of hydrogen-bond donors (Lipinski definition) is 3. The SMILES string of the molecule is CC(=O)N(c1ccc(O)cc1)C(C(=O)NCC(=O)O)C(C)C. The summed E-state index contributed by atoms with van der Waals surface area (Å²) in [5.74, 6) is -2.24. The molecule has 7 nitrogen and oxygen atoms in total. The van der Waals surface area contributed by atoms with Gasteiger partial charge in [-0.3, -0.25) is 19.3 Å². The minimum Gasteiger partial charge on any atom is -0.508 e. The lowest BCUT2D eigenvalue weighted by atomic mass is 10.0. The van der Waals surface area contributed by atoms with Crippen LogP contribution in [-0.4, -0.2) is 40.6 Å². The number of carbonyl (C=O) groups is 3. The number of aromatic hydroxyl groups is 1. The van der Waals surface area contributed by atoms with Gasteiger partial charge >= 0.3 is 5.97 Å². The molecule has 0 saturated heterocycles. The second-order valence-electron chi connectivity index (χ2n) is 5.21. The molecule has 1 aromatic rings. The lowest BCUT2D eigenvalue weighted by molar-refractivity contribution is -0.138. The van der Waals surface area contributed by atoms with Crippen molar-refractivity contribution in [2.24, 2.45) is 5.92 Å². The molecule has 1 atom stereocenters. The summed E-state index contributed by atoms with van der Waals surface area (Å²) < 4.78 is 0. The highest BCUT2D eigenvalue weighted by Gasteiger charge is 2.32. The zero-order valence-electron chi connectivity index (χ0n) is 12.7. The van der Waals surface area contributed by atoms with E-state index in [0.717, 1.165) is 0 Å². The smallest absolute Gasteiger partial charge is 0.322 e. The second kappa shape index (κ2) is 7.44. The van der Waals surface area contributed by atoms with Crippen molar-refractivity contribution in [3.63, 3.8) is 0 Å². The van der Waals surface area contributed by atoms with Crippen molar-refractivity contribution in [2.45, 2.75) is 26.8 Å². The van der Waals surface area contributed by atoms with Gasteiger partial charge in [-0.25, -0.2) is 0 Å². The number of phenolic OH excluding ortho intramolecular Hbond substituents is 1. The molecule has 2 amide bonds. The summed E-state index contributed by atoms with van der Waals surface area (Å²) in [6, 6.07) is 5.03. The highest BCUT2D eigenvalue weighted by molar-refractivity contribution is 6.00. The minimum atomic E-state index is -1.16. The second-order valence-corrected chi connectivity index (χ2v) is 5.21. The van der Waals surface area contributed by atoms with E-state index < -0.39 is 24.5 Å². The molecule has 0 spiro atoms. The van der Waals surface area contributed by atoms with E-state index in [2.05, 4.69) is 5.32 Å². The van der Waals surface area contributed by atoms with E-state index in [4.69, 9.17) is 5.11 Å². The van der Waals surface area contributed by atoms with E-state index in [1.165, 1.54) is 36.1 Å². The van der Waals surface area contributed by atoms with Crippen LogP contribution in [0.2, 0.25) is 0 Å². The third-order valence-corrected chi connectivity index (χ3v) is 3.06. The highest BCUT2D eigenvalue weighted by Crippen LogP contribution is 2.24. The van der Waals surface area contributed by atoms with Crippen molar-refractivity contribution in [1.82, 2.24) is 5.32 Å². The average Bonchev–Trinajstić information content (AvgIpc) is 2.42. The van der Waals surface area contributed by atoms with Gasteiger partial charge in [0.1, 0.15) is 18.3 Å². The standard InChI is InChI=1S/C15H20N2O5/c1-9(2)14(15(22)16-8-13(20)21)17(10(3)18)11-4-6-12(19)7-5-11/h4-7,9,14,19H,8H2,1-3H3,(H,16,22)(H,20,21). The number of phenols is 1. The van der Waals surface area contributed by atoms with Gasteiger partial charge in [0.2, 0.25) is 11.8 Å². The van der Waals surface area contributed by atoms with Crippen LogP contribution in [0.3, 0.4) is 0 Å². The largest absolute Gasteiger partial charge is 0.508 e. The zero-order chi connectivity index (χ0) is 16.9. The average molecular weight is 308 g/mol. The predicted molar refractivity (Wildman–Crippen MR) is 80.5 cm³/mol. The lowest BCUT2D eigenvalue weighted by Crippen LogP contribution is -2.52. The first kappa shape index (κ1) is 17.5. The van der Waals surface area contributed by atoms with Gasteiger partial charge < -0.3 is 15.5 Å². The van der Waals surface area contributed by atoms with Crippen molar-refractivity contribution >= 4 is 23.5 Å². The normalized spacial score (nSPS) is 11.8. The van der Waals surface area contributed by atoms with Gasteiger partial charge in [0.25, 0.3) is 0 Å². The fraction of sp³-hybridized carbons (Fsp3) is 0.400. The highest BCUT2D eigenvalue weighted by atomic mass is 16.4. The van der Waals surface area contributed by atoms with Crippen molar-refractivity contribution in [3.05, 3.63) is 24.3 Å². The molecule has 0 aliphatic carbocycles. The maximum Gasteiger partial charge on any atom is 0.322 e. The Bertz CT molecular complexity index is 554. The van der Waals surface area contributed by atoms with Crippen LogP contribution in [0.25, 0.3) is 0 Å². The molecule has 1 unspecified atom stereocenters. The molecule has 22 heavy (non-hydrogen) atoms. The van der Waals surface area contributed by atoms with E-state index in [9.17, 15) is 19.5 Å². The lowest BCUT2D eigenvalue weighted by Gasteiger charge is -2.32. The maximum atomic E-state index is 12.3. The van der Waals surface area contributed by atoms with E-state index in [1.807, 2.05) is 0 Å². The van der Waals surface area contributed by atoms with Gasteiger partial charge in [0.05, 0.1) is 0 Å². The Morgan fingerprint density at radius 3 is 2.14 bits per heavy atom. The number of carbonyl (C=O) groups excluding carboxylic acids is 2. The summed E-state index contributed by atoms with van der Waals surface area (Å²) in [4.78, 5) is 36.1. The molecule has 120 valence electrons. The van der Waals surface area contributed by atoms with Crippen LogP contribution >= 0.6 is 0 Å².